The van der Waals surface area contributed by atoms with E-state index in [-0.39, 0.29) is 12.5 Å². The van der Waals surface area contributed by atoms with E-state index in [4.69, 9.17) is 5.11 Å². The number of aliphatic hydroxyl groups is 1. The molecule has 20 heavy (non-hydrogen) atoms. The van der Waals surface area contributed by atoms with E-state index >= 15 is 0 Å². The molecule has 0 aliphatic carbocycles. The predicted molar refractivity (Wildman–Crippen MR) is 85.9 cm³/mol. The standard InChI is InChI=1S/C15H20BrNO2S/c16-13-3-5-14(6-4-13)20-11-15(19)17-8-1-2-12(10-17)7-9-18/h3-6,12,18H,1-2,7-11H2. The second-order valence-electron chi connectivity index (χ2n) is 5.10. The maximum Gasteiger partial charge on any atom is 0.232 e. The van der Waals surface area contributed by atoms with Crippen molar-refractivity contribution >= 4 is 33.6 Å². The summed E-state index contributed by atoms with van der Waals surface area (Å²) in [4.78, 5) is 15.3. The third-order valence-electron chi connectivity index (χ3n) is 3.58. The molecule has 1 unspecified atom stereocenters. The van der Waals surface area contributed by atoms with Gasteiger partial charge < -0.3 is 10.0 Å². The van der Waals surface area contributed by atoms with Crippen LogP contribution < -0.4 is 0 Å². The maximum absolute atomic E-state index is 12.2. The van der Waals surface area contributed by atoms with Crippen LogP contribution in [0.25, 0.3) is 0 Å². The summed E-state index contributed by atoms with van der Waals surface area (Å²) in [6.45, 7) is 1.89. The van der Waals surface area contributed by atoms with Gasteiger partial charge in [0.1, 0.15) is 0 Å². The summed E-state index contributed by atoms with van der Waals surface area (Å²) in [7, 11) is 0. The Morgan fingerprint density at radius 1 is 1.40 bits per heavy atom. The third kappa shape index (κ3) is 4.79. The van der Waals surface area contributed by atoms with E-state index in [1.165, 1.54) is 0 Å². The normalized spacial score (nSPS) is 19.1. The predicted octanol–water partition coefficient (Wildman–Crippen LogP) is 3.16. The zero-order valence-corrected chi connectivity index (χ0v) is 13.8. The third-order valence-corrected chi connectivity index (χ3v) is 5.11. The summed E-state index contributed by atoms with van der Waals surface area (Å²) < 4.78 is 1.05. The lowest BCUT2D eigenvalue weighted by molar-refractivity contribution is -0.130. The summed E-state index contributed by atoms with van der Waals surface area (Å²) in [5, 5.41) is 9.01. The molecule has 1 fully saturated rings. The molecule has 0 bridgehead atoms. The van der Waals surface area contributed by atoms with Gasteiger partial charge in [-0.2, -0.15) is 0 Å². The second-order valence-corrected chi connectivity index (χ2v) is 7.07. The van der Waals surface area contributed by atoms with Gasteiger partial charge in [-0.1, -0.05) is 15.9 Å². The highest BCUT2D eigenvalue weighted by Crippen LogP contribution is 2.23. The van der Waals surface area contributed by atoms with E-state index in [1.54, 1.807) is 11.8 Å². The molecule has 110 valence electrons. The molecule has 1 saturated heterocycles. The largest absolute Gasteiger partial charge is 0.396 e. The van der Waals surface area contributed by atoms with E-state index < -0.39 is 0 Å². The monoisotopic (exact) mass is 357 g/mol. The molecule has 3 nitrogen and oxygen atoms in total. The Bertz CT molecular complexity index is 436. The number of hydrogen-bond acceptors (Lipinski definition) is 3. The maximum atomic E-state index is 12.2. The van der Waals surface area contributed by atoms with E-state index in [2.05, 4.69) is 15.9 Å². The minimum atomic E-state index is 0.209. The van der Waals surface area contributed by atoms with Gasteiger partial charge in [-0.15, -0.1) is 11.8 Å². The number of piperidine rings is 1. The lowest BCUT2D eigenvalue weighted by atomic mass is 9.95. The van der Waals surface area contributed by atoms with Gasteiger partial charge in [0.2, 0.25) is 5.91 Å². The first-order chi connectivity index (χ1) is 9.69. The Morgan fingerprint density at radius 3 is 2.85 bits per heavy atom. The highest BCUT2D eigenvalue weighted by Gasteiger charge is 2.23. The van der Waals surface area contributed by atoms with Gasteiger partial charge in [0.05, 0.1) is 5.75 Å². The molecule has 1 aliphatic heterocycles. The summed E-state index contributed by atoms with van der Waals surface area (Å²) in [5.41, 5.74) is 0. The van der Waals surface area contributed by atoms with Crippen molar-refractivity contribution in [2.24, 2.45) is 5.92 Å². The van der Waals surface area contributed by atoms with Crippen LogP contribution >= 0.6 is 27.7 Å². The van der Waals surface area contributed by atoms with Gasteiger partial charge in [0.15, 0.2) is 0 Å². The van der Waals surface area contributed by atoms with Crippen LogP contribution in [0.4, 0.5) is 0 Å². The average Bonchev–Trinajstić information content (AvgIpc) is 2.47. The number of likely N-dealkylation sites (tertiary alicyclic amines) is 1. The second kappa shape index (κ2) is 8.05. The number of carbonyl (C=O) groups is 1. The number of aliphatic hydroxyl groups excluding tert-OH is 1. The van der Waals surface area contributed by atoms with Crippen molar-refractivity contribution in [1.82, 2.24) is 4.90 Å². The van der Waals surface area contributed by atoms with Crippen LogP contribution in [-0.2, 0) is 4.79 Å². The number of amides is 1. The zero-order chi connectivity index (χ0) is 14.4. The van der Waals surface area contributed by atoms with Crippen LogP contribution in [0, 0.1) is 5.92 Å². The number of halogens is 1. The summed E-state index contributed by atoms with van der Waals surface area (Å²) >= 11 is 4.99. The first kappa shape index (κ1) is 15.9. The number of nitrogens with zero attached hydrogens (tertiary/aromatic N) is 1. The molecule has 0 saturated carbocycles. The van der Waals surface area contributed by atoms with Crippen molar-refractivity contribution in [3.63, 3.8) is 0 Å². The van der Waals surface area contributed by atoms with Gasteiger partial charge in [-0.05, 0) is 49.4 Å². The van der Waals surface area contributed by atoms with Crippen LogP contribution in [0.1, 0.15) is 19.3 Å². The average molecular weight is 358 g/mol. The Hall–Kier alpha value is -0.520. The first-order valence-electron chi connectivity index (χ1n) is 6.96. The van der Waals surface area contributed by atoms with Crippen molar-refractivity contribution in [3.05, 3.63) is 28.7 Å². The van der Waals surface area contributed by atoms with Crippen LogP contribution in [-0.4, -0.2) is 41.4 Å². The van der Waals surface area contributed by atoms with Gasteiger partial charge in [-0.25, -0.2) is 0 Å². The Labute approximate surface area is 132 Å². The lowest BCUT2D eigenvalue weighted by Gasteiger charge is -2.32. The number of hydrogen-bond donors (Lipinski definition) is 1. The molecule has 1 aromatic carbocycles. The summed E-state index contributed by atoms with van der Waals surface area (Å²) in [6.07, 6.45) is 2.99. The molecule has 1 atom stereocenters. The molecule has 1 heterocycles. The van der Waals surface area contributed by atoms with Gasteiger partial charge in [0.25, 0.3) is 0 Å². The summed E-state index contributed by atoms with van der Waals surface area (Å²) in [6, 6.07) is 8.02. The molecule has 2 rings (SSSR count). The molecule has 1 aromatic rings. The van der Waals surface area contributed by atoms with Crippen LogP contribution in [0.3, 0.4) is 0 Å². The molecule has 0 aromatic heterocycles. The van der Waals surface area contributed by atoms with E-state index in [9.17, 15) is 4.79 Å². The first-order valence-corrected chi connectivity index (χ1v) is 8.74. The topological polar surface area (TPSA) is 40.5 Å². The van der Waals surface area contributed by atoms with Crippen molar-refractivity contribution < 1.29 is 9.90 Å². The lowest BCUT2D eigenvalue weighted by Crippen LogP contribution is -2.41. The fourth-order valence-electron chi connectivity index (χ4n) is 2.48. The Balaban J connectivity index is 1.80. The fraction of sp³-hybridized carbons (Fsp3) is 0.533. The number of benzene rings is 1. The van der Waals surface area contributed by atoms with Gasteiger partial charge >= 0.3 is 0 Å². The number of rotatable bonds is 5. The molecule has 1 aliphatic rings. The Morgan fingerprint density at radius 2 is 2.15 bits per heavy atom. The van der Waals surface area contributed by atoms with Crippen LogP contribution in [0.2, 0.25) is 0 Å². The SMILES string of the molecule is O=C(CSc1ccc(Br)cc1)N1CCCC(CCO)C1. The Kier molecular flexibility index (Phi) is 6.39. The number of carbonyl (C=O) groups excluding carboxylic acids is 1. The molecule has 5 heteroatoms. The molecular formula is C15H20BrNO2S. The van der Waals surface area contributed by atoms with E-state index in [0.29, 0.717) is 11.7 Å². The highest BCUT2D eigenvalue weighted by molar-refractivity contribution is 9.10. The van der Waals surface area contributed by atoms with Crippen LogP contribution in [0.15, 0.2) is 33.6 Å². The number of thioether (sulfide) groups is 1. The zero-order valence-electron chi connectivity index (χ0n) is 11.4. The van der Waals surface area contributed by atoms with Gasteiger partial charge in [0, 0.05) is 29.1 Å². The fourth-order valence-corrected chi connectivity index (χ4v) is 3.54. The quantitative estimate of drug-likeness (QED) is 0.822. The van der Waals surface area contributed by atoms with Crippen LogP contribution in [0.5, 0.6) is 0 Å². The molecule has 0 radical (unpaired) electrons. The minimum Gasteiger partial charge on any atom is -0.396 e. The molecular weight excluding hydrogens is 338 g/mol. The van der Waals surface area contributed by atoms with Crippen molar-refractivity contribution in [3.8, 4) is 0 Å². The molecule has 1 N–H and O–H groups in total. The summed E-state index contributed by atoms with van der Waals surface area (Å²) in [5.74, 6) is 1.17. The van der Waals surface area contributed by atoms with Crippen molar-refractivity contribution in [2.45, 2.75) is 24.2 Å². The van der Waals surface area contributed by atoms with E-state index in [0.717, 1.165) is 41.7 Å². The molecule has 0 spiro atoms. The van der Waals surface area contributed by atoms with Crippen molar-refractivity contribution in [2.75, 3.05) is 25.4 Å². The van der Waals surface area contributed by atoms with Gasteiger partial charge in [-0.3, -0.25) is 4.79 Å². The van der Waals surface area contributed by atoms with Crippen molar-refractivity contribution in [1.29, 1.82) is 0 Å². The smallest absolute Gasteiger partial charge is 0.232 e. The van der Waals surface area contributed by atoms with E-state index in [1.807, 2.05) is 29.2 Å². The molecule has 1 amide bonds. The highest BCUT2D eigenvalue weighted by atomic mass is 79.9. The minimum absolute atomic E-state index is 0.209.